The maximum absolute atomic E-state index is 12.8. The number of benzene rings is 2. The largest absolute Gasteiger partial charge is 0.495 e. The Morgan fingerprint density at radius 1 is 1.23 bits per heavy atom. The zero-order chi connectivity index (χ0) is 19.3. The number of aryl methyl sites for hydroxylation is 1. The lowest BCUT2D eigenvalue weighted by Gasteiger charge is -2.19. The number of sulfonamides is 1. The molecule has 8 heteroatoms. The molecule has 1 N–H and O–H groups in total. The quantitative estimate of drug-likeness (QED) is 0.779. The fourth-order valence-corrected chi connectivity index (χ4v) is 3.99. The van der Waals surface area contributed by atoms with E-state index in [1.807, 2.05) is 25.1 Å². The second-order valence-corrected chi connectivity index (χ2v) is 8.06. The molecule has 0 fully saturated rings. The molecular weight excluding hydrogens is 376 g/mol. The van der Waals surface area contributed by atoms with Crippen molar-refractivity contribution in [2.75, 3.05) is 26.0 Å². The number of ether oxygens (including phenoxy) is 1. The van der Waals surface area contributed by atoms with Gasteiger partial charge in [0.15, 0.2) is 0 Å². The lowest BCUT2D eigenvalue weighted by molar-refractivity contribution is -0.116. The van der Waals surface area contributed by atoms with E-state index in [2.05, 4.69) is 5.32 Å². The standard InChI is InChI=1S/C18H21ClN2O4S/c1-4-13-7-5-6-8-15(13)20-18(22)12-21(2)26(23,24)17-11-14(19)9-10-16(17)25-3/h5-11H,4,12H2,1-3H3,(H,20,22). The van der Waals surface area contributed by atoms with Crippen molar-refractivity contribution in [2.45, 2.75) is 18.2 Å². The smallest absolute Gasteiger partial charge is 0.247 e. The molecule has 2 aromatic rings. The molecule has 0 bridgehead atoms. The zero-order valence-electron chi connectivity index (χ0n) is 14.8. The summed E-state index contributed by atoms with van der Waals surface area (Å²) in [6.45, 7) is 1.64. The molecule has 0 aliphatic heterocycles. The van der Waals surface area contributed by atoms with Crippen molar-refractivity contribution in [1.29, 1.82) is 0 Å². The van der Waals surface area contributed by atoms with Crippen LogP contribution in [0, 0.1) is 0 Å². The van der Waals surface area contributed by atoms with Crippen LogP contribution in [0.1, 0.15) is 12.5 Å². The van der Waals surface area contributed by atoms with Gasteiger partial charge in [-0.3, -0.25) is 4.79 Å². The van der Waals surface area contributed by atoms with E-state index < -0.39 is 15.9 Å². The lowest BCUT2D eigenvalue weighted by Crippen LogP contribution is -2.35. The van der Waals surface area contributed by atoms with Gasteiger partial charge in [-0.15, -0.1) is 0 Å². The normalized spacial score (nSPS) is 11.4. The Morgan fingerprint density at radius 2 is 1.92 bits per heavy atom. The molecule has 0 atom stereocenters. The predicted molar refractivity (Wildman–Crippen MR) is 102 cm³/mol. The summed E-state index contributed by atoms with van der Waals surface area (Å²) >= 11 is 5.91. The van der Waals surface area contributed by atoms with Gasteiger partial charge < -0.3 is 10.1 Å². The van der Waals surface area contributed by atoms with Crippen molar-refractivity contribution in [3.05, 3.63) is 53.1 Å². The van der Waals surface area contributed by atoms with Crippen LogP contribution in [0.5, 0.6) is 5.75 Å². The first-order chi connectivity index (χ1) is 12.3. The molecule has 0 aliphatic rings. The topological polar surface area (TPSA) is 75.7 Å². The highest BCUT2D eigenvalue weighted by atomic mass is 35.5. The summed E-state index contributed by atoms with van der Waals surface area (Å²) in [6, 6.07) is 11.7. The summed E-state index contributed by atoms with van der Waals surface area (Å²) in [7, 11) is -1.24. The highest BCUT2D eigenvalue weighted by molar-refractivity contribution is 7.89. The summed E-state index contributed by atoms with van der Waals surface area (Å²) < 4.78 is 31.6. The maximum Gasteiger partial charge on any atom is 0.247 e. The minimum Gasteiger partial charge on any atom is -0.495 e. The number of nitrogens with one attached hydrogen (secondary N) is 1. The van der Waals surface area contributed by atoms with E-state index in [0.717, 1.165) is 16.3 Å². The molecule has 2 aromatic carbocycles. The van der Waals surface area contributed by atoms with E-state index in [9.17, 15) is 13.2 Å². The van der Waals surface area contributed by atoms with Crippen LogP contribution in [0.3, 0.4) is 0 Å². The van der Waals surface area contributed by atoms with Crippen LogP contribution in [0.2, 0.25) is 5.02 Å². The van der Waals surface area contributed by atoms with Crippen molar-refractivity contribution in [3.8, 4) is 5.75 Å². The molecule has 0 aliphatic carbocycles. The van der Waals surface area contributed by atoms with E-state index in [4.69, 9.17) is 16.3 Å². The molecule has 0 aromatic heterocycles. The maximum atomic E-state index is 12.8. The van der Waals surface area contributed by atoms with E-state index in [0.29, 0.717) is 5.69 Å². The van der Waals surface area contributed by atoms with Gasteiger partial charge in [-0.25, -0.2) is 8.42 Å². The van der Waals surface area contributed by atoms with Crippen LogP contribution in [-0.2, 0) is 21.2 Å². The molecule has 0 unspecified atom stereocenters. The summed E-state index contributed by atoms with van der Waals surface area (Å²) in [4.78, 5) is 12.2. The second-order valence-electron chi connectivity index (χ2n) is 5.62. The summed E-state index contributed by atoms with van der Waals surface area (Å²) in [5.74, 6) is -0.268. The first kappa shape index (κ1) is 20.2. The molecule has 0 spiro atoms. The van der Waals surface area contributed by atoms with Gasteiger partial charge in [0.2, 0.25) is 15.9 Å². The Balaban J connectivity index is 2.19. The average molecular weight is 397 g/mol. The fraction of sp³-hybridized carbons (Fsp3) is 0.278. The molecular formula is C18H21ClN2O4S. The number of halogens is 1. The SMILES string of the molecule is CCc1ccccc1NC(=O)CN(C)S(=O)(=O)c1cc(Cl)ccc1OC. The minimum atomic E-state index is -3.94. The summed E-state index contributed by atoms with van der Waals surface area (Å²) in [6.07, 6.45) is 0.754. The Bertz CT molecular complexity index is 900. The van der Waals surface area contributed by atoms with Gasteiger partial charge in [0.1, 0.15) is 10.6 Å². The Morgan fingerprint density at radius 3 is 2.58 bits per heavy atom. The molecule has 1 amide bonds. The third-order valence-electron chi connectivity index (χ3n) is 3.85. The van der Waals surface area contributed by atoms with Crippen molar-refractivity contribution >= 4 is 33.2 Å². The number of likely N-dealkylation sites (N-methyl/N-ethyl adjacent to an activating group) is 1. The van der Waals surface area contributed by atoms with Crippen LogP contribution < -0.4 is 10.1 Å². The number of methoxy groups -OCH3 is 1. The predicted octanol–water partition coefficient (Wildman–Crippen LogP) is 3.17. The van der Waals surface area contributed by atoms with Crippen molar-refractivity contribution in [3.63, 3.8) is 0 Å². The number of para-hydroxylation sites is 1. The van der Waals surface area contributed by atoms with Gasteiger partial charge in [0, 0.05) is 17.8 Å². The number of amides is 1. The van der Waals surface area contributed by atoms with E-state index in [-0.39, 0.29) is 22.2 Å². The average Bonchev–Trinajstić information content (AvgIpc) is 2.61. The number of nitrogens with zero attached hydrogens (tertiary/aromatic N) is 1. The Labute approximate surface area is 158 Å². The van der Waals surface area contributed by atoms with Crippen molar-refractivity contribution in [2.24, 2.45) is 0 Å². The Hall–Kier alpha value is -2.09. The van der Waals surface area contributed by atoms with Gasteiger partial charge in [0.25, 0.3) is 0 Å². The molecule has 0 radical (unpaired) electrons. The Kier molecular flexibility index (Phi) is 6.63. The number of carbonyl (C=O) groups is 1. The molecule has 0 heterocycles. The van der Waals surface area contributed by atoms with Gasteiger partial charge in [0.05, 0.1) is 13.7 Å². The number of hydrogen-bond acceptors (Lipinski definition) is 4. The molecule has 6 nitrogen and oxygen atoms in total. The molecule has 2 rings (SSSR count). The first-order valence-corrected chi connectivity index (χ1v) is 9.79. The highest BCUT2D eigenvalue weighted by Crippen LogP contribution is 2.29. The van der Waals surface area contributed by atoms with Crippen LogP contribution in [0.25, 0.3) is 0 Å². The summed E-state index contributed by atoms with van der Waals surface area (Å²) in [5.41, 5.74) is 1.65. The molecule has 0 saturated heterocycles. The van der Waals surface area contributed by atoms with E-state index in [1.165, 1.54) is 32.4 Å². The number of hydrogen-bond donors (Lipinski definition) is 1. The van der Waals surface area contributed by atoms with Crippen LogP contribution in [0.4, 0.5) is 5.69 Å². The number of anilines is 1. The third-order valence-corrected chi connectivity index (χ3v) is 5.91. The minimum absolute atomic E-state index is 0.0863. The molecule has 26 heavy (non-hydrogen) atoms. The fourth-order valence-electron chi connectivity index (χ4n) is 2.45. The number of carbonyl (C=O) groups excluding carboxylic acids is 1. The van der Waals surface area contributed by atoms with Gasteiger partial charge in [-0.05, 0) is 36.2 Å². The first-order valence-electron chi connectivity index (χ1n) is 7.97. The second kappa shape index (κ2) is 8.53. The van der Waals surface area contributed by atoms with Crippen LogP contribution >= 0.6 is 11.6 Å². The molecule has 0 saturated carbocycles. The van der Waals surface area contributed by atoms with Crippen LogP contribution in [-0.4, -0.2) is 39.3 Å². The lowest BCUT2D eigenvalue weighted by atomic mass is 10.1. The van der Waals surface area contributed by atoms with Gasteiger partial charge in [-0.2, -0.15) is 4.31 Å². The number of rotatable bonds is 7. The van der Waals surface area contributed by atoms with E-state index in [1.54, 1.807) is 6.07 Å². The zero-order valence-corrected chi connectivity index (χ0v) is 16.4. The van der Waals surface area contributed by atoms with E-state index >= 15 is 0 Å². The van der Waals surface area contributed by atoms with Crippen molar-refractivity contribution < 1.29 is 17.9 Å². The third kappa shape index (κ3) is 4.55. The monoisotopic (exact) mass is 396 g/mol. The van der Waals surface area contributed by atoms with Crippen molar-refractivity contribution in [1.82, 2.24) is 4.31 Å². The summed E-state index contributed by atoms with van der Waals surface area (Å²) in [5, 5.41) is 3.02. The highest BCUT2D eigenvalue weighted by Gasteiger charge is 2.27. The molecule has 140 valence electrons. The van der Waals surface area contributed by atoms with Crippen LogP contribution in [0.15, 0.2) is 47.4 Å². The van der Waals surface area contributed by atoms with Gasteiger partial charge >= 0.3 is 0 Å². The van der Waals surface area contributed by atoms with Gasteiger partial charge in [-0.1, -0.05) is 36.7 Å².